The van der Waals surface area contributed by atoms with Gasteiger partial charge in [0.1, 0.15) is 50.1 Å². The summed E-state index contributed by atoms with van der Waals surface area (Å²) in [5.41, 5.74) is 0.887. The van der Waals surface area contributed by atoms with Crippen LogP contribution in [0.2, 0.25) is 0 Å². The number of aromatic nitrogens is 4. The second-order valence-corrected chi connectivity index (χ2v) is 13.9. The van der Waals surface area contributed by atoms with E-state index < -0.39 is 68.5 Å². The predicted octanol–water partition coefficient (Wildman–Crippen LogP) is 3.23. The molecular formula is C33H39N6O11P. The summed E-state index contributed by atoms with van der Waals surface area (Å²) in [5.74, 6) is -0.625. The molecule has 4 aromatic rings. The SMILES string of the molecule is CC(C)OC(=O)C(C)NP(=O)(O)OC[C@H]1OC2[C@@H](n3cnc4c(NC(=O)OCc5ccccc5)ncnc43)[C@@]2(OCOCc2ccccc2)C1O. The van der Waals surface area contributed by atoms with Crippen molar-refractivity contribution in [2.24, 2.45) is 0 Å². The third-order valence-corrected chi connectivity index (χ3v) is 9.50. The van der Waals surface area contributed by atoms with Crippen LogP contribution in [0.4, 0.5) is 10.6 Å². The molecule has 1 aliphatic heterocycles. The maximum absolute atomic E-state index is 12.8. The molecule has 2 aliphatic rings. The third-order valence-electron chi connectivity index (χ3n) is 8.29. The van der Waals surface area contributed by atoms with E-state index in [-0.39, 0.29) is 31.3 Å². The van der Waals surface area contributed by atoms with Gasteiger partial charge in [-0.2, -0.15) is 0 Å². The van der Waals surface area contributed by atoms with Gasteiger partial charge in [0.25, 0.3) is 0 Å². The van der Waals surface area contributed by atoms with Crippen molar-refractivity contribution in [1.82, 2.24) is 24.6 Å². The monoisotopic (exact) mass is 726 g/mol. The lowest BCUT2D eigenvalue weighted by molar-refractivity contribution is -0.149. The molecule has 1 saturated heterocycles. The summed E-state index contributed by atoms with van der Waals surface area (Å²) in [6.07, 6.45) is -1.70. The van der Waals surface area contributed by atoms with Crippen molar-refractivity contribution in [2.45, 2.75) is 76.1 Å². The fraction of sp³-hybridized carbons (Fsp3) is 0.424. The Labute approximate surface area is 292 Å². The number of carbonyl (C=O) groups is 2. The molecular weight excluding hydrogens is 687 g/mol. The Hall–Kier alpha value is -4.32. The molecule has 7 atom stereocenters. The van der Waals surface area contributed by atoms with Gasteiger partial charge in [0.05, 0.1) is 25.6 Å². The maximum atomic E-state index is 12.8. The summed E-state index contributed by atoms with van der Waals surface area (Å²) >= 11 is 0. The zero-order chi connectivity index (χ0) is 36.2. The van der Waals surface area contributed by atoms with Crippen LogP contribution in [-0.4, -0.2) is 91.0 Å². The molecule has 0 spiro atoms. The predicted molar refractivity (Wildman–Crippen MR) is 179 cm³/mol. The summed E-state index contributed by atoms with van der Waals surface area (Å²) in [6, 6.07) is 16.8. The molecule has 2 fully saturated rings. The fourth-order valence-electron chi connectivity index (χ4n) is 5.88. The van der Waals surface area contributed by atoms with Crippen molar-refractivity contribution in [3.8, 4) is 0 Å². The van der Waals surface area contributed by atoms with E-state index in [0.717, 1.165) is 11.1 Å². The van der Waals surface area contributed by atoms with E-state index in [1.165, 1.54) is 19.6 Å². The van der Waals surface area contributed by atoms with Crippen LogP contribution in [0.15, 0.2) is 73.3 Å². The van der Waals surface area contributed by atoms with Gasteiger partial charge < -0.3 is 38.3 Å². The van der Waals surface area contributed by atoms with Gasteiger partial charge in [0.2, 0.25) is 0 Å². The highest BCUT2D eigenvalue weighted by molar-refractivity contribution is 7.50. The number of nitrogens with zero attached hydrogens (tertiary/aromatic N) is 4. The molecule has 18 heteroatoms. The Balaban J connectivity index is 1.15. The van der Waals surface area contributed by atoms with Gasteiger partial charge in [-0.15, -0.1) is 0 Å². The number of carbonyl (C=O) groups excluding carboxylic acids is 2. The Morgan fingerprint density at radius 1 is 1.02 bits per heavy atom. The smallest absolute Gasteiger partial charge is 0.413 e. The minimum Gasteiger partial charge on any atom is -0.462 e. The molecule has 1 saturated carbocycles. The average molecular weight is 727 g/mol. The zero-order valence-electron chi connectivity index (χ0n) is 28.0. The van der Waals surface area contributed by atoms with Gasteiger partial charge >= 0.3 is 19.8 Å². The number of benzene rings is 2. The summed E-state index contributed by atoms with van der Waals surface area (Å²) in [7, 11) is -4.53. The zero-order valence-corrected chi connectivity index (χ0v) is 28.9. The van der Waals surface area contributed by atoms with Crippen LogP contribution in [0, 0.1) is 0 Å². The van der Waals surface area contributed by atoms with Gasteiger partial charge in [0.15, 0.2) is 22.6 Å². The van der Waals surface area contributed by atoms with Crippen molar-refractivity contribution in [3.63, 3.8) is 0 Å². The topological polar surface area (TPSA) is 215 Å². The van der Waals surface area contributed by atoms with Gasteiger partial charge in [-0.05, 0) is 31.9 Å². The molecule has 2 aromatic carbocycles. The van der Waals surface area contributed by atoms with Crippen LogP contribution in [0.5, 0.6) is 0 Å². The first-order valence-corrected chi connectivity index (χ1v) is 17.8. The van der Waals surface area contributed by atoms with Crippen LogP contribution in [0.1, 0.15) is 37.9 Å². The first-order valence-electron chi connectivity index (χ1n) is 16.2. The number of hydrogen-bond donors (Lipinski definition) is 4. The highest BCUT2D eigenvalue weighted by Crippen LogP contribution is 2.62. The molecule has 0 radical (unpaired) electrons. The Kier molecular flexibility index (Phi) is 11.1. The number of nitrogens with one attached hydrogen (secondary N) is 2. The number of esters is 1. The maximum Gasteiger partial charge on any atom is 0.413 e. The second kappa shape index (κ2) is 15.5. The first-order chi connectivity index (χ1) is 24.5. The first kappa shape index (κ1) is 36.5. The number of hydrogen-bond acceptors (Lipinski definition) is 13. The quantitative estimate of drug-likeness (QED) is 0.0565. The molecule has 6 rings (SSSR count). The van der Waals surface area contributed by atoms with Gasteiger partial charge in [-0.25, -0.2) is 29.4 Å². The number of rotatable bonds is 16. The normalized spacial score (nSPS) is 24.1. The number of ether oxygens (including phenoxy) is 5. The van der Waals surface area contributed by atoms with Gasteiger partial charge in [0, 0.05) is 0 Å². The Bertz CT molecular complexity index is 1870. The highest BCUT2D eigenvalue weighted by Gasteiger charge is 2.79. The fourth-order valence-corrected chi connectivity index (χ4v) is 6.90. The molecule has 4 N–H and O–H groups in total. The van der Waals surface area contributed by atoms with Crippen molar-refractivity contribution in [1.29, 1.82) is 0 Å². The Morgan fingerprint density at radius 2 is 1.71 bits per heavy atom. The van der Waals surface area contributed by atoms with Crippen molar-refractivity contribution >= 4 is 36.8 Å². The number of fused-ring (bicyclic) bond motifs is 2. The van der Waals surface area contributed by atoms with E-state index in [1.54, 1.807) is 18.4 Å². The standard InChI is InChI=1S/C33H39N6O11P/c1-20(2)49-31(41)21(3)38-51(43,44)48-16-24-27(40)33(47-19-45-14-22-10-6-4-7-11-22)26(28(33)50-24)39-18-36-25-29(34-17-35-30(25)39)37-32(42)46-15-23-12-8-5-9-13-23/h4-13,17-18,20-21,24,26-28,40H,14-16,19H2,1-3H3,(H2,38,43,44)(H,34,35,37,42)/t21?,24-,26-,27?,28?,33-/m1/s1. The molecule has 0 bridgehead atoms. The van der Waals surface area contributed by atoms with Gasteiger partial charge in [-0.3, -0.25) is 14.6 Å². The molecule has 17 nitrogen and oxygen atoms in total. The number of imidazole rings is 1. The van der Waals surface area contributed by atoms with Crippen molar-refractivity contribution < 1.29 is 52.4 Å². The Morgan fingerprint density at radius 3 is 2.39 bits per heavy atom. The van der Waals surface area contributed by atoms with E-state index in [0.29, 0.717) is 5.65 Å². The third kappa shape index (κ3) is 8.27. The highest BCUT2D eigenvalue weighted by atomic mass is 31.2. The molecule has 272 valence electrons. The lowest BCUT2D eigenvalue weighted by Crippen LogP contribution is -2.42. The molecule has 3 heterocycles. The minimum atomic E-state index is -4.53. The van der Waals surface area contributed by atoms with E-state index >= 15 is 0 Å². The number of aliphatic hydroxyl groups excluding tert-OH is 1. The molecule has 51 heavy (non-hydrogen) atoms. The molecule has 4 unspecified atom stereocenters. The number of anilines is 1. The summed E-state index contributed by atoms with van der Waals surface area (Å²) in [5, 5.41) is 16.4. The van der Waals surface area contributed by atoms with Crippen LogP contribution in [0.25, 0.3) is 11.2 Å². The summed E-state index contributed by atoms with van der Waals surface area (Å²) in [4.78, 5) is 48.1. The summed E-state index contributed by atoms with van der Waals surface area (Å²) < 4.78 is 48.1. The molecule has 2 aromatic heterocycles. The van der Waals surface area contributed by atoms with Crippen molar-refractivity contribution in [3.05, 3.63) is 84.4 Å². The van der Waals surface area contributed by atoms with Crippen LogP contribution in [0.3, 0.4) is 0 Å². The van der Waals surface area contributed by atoms with Crippen LogP contribution >= 0.6 is 7.75 Å². The lowest BCUT2D eigenvalue weighted by atomic mass is 10.1. The van der Waals surface area contributed by atoms with Crippen molar-refractivity contribution in [2.75, 3.05) is 18.7 Å². The minimum absolute atomic E-state index is 0.0525. The van der Waals surface area contributed by atoms with E-state index in [9.17, 15) is 24.2 Å². The molecule has 1 amide bonds. The van der Waals surface area contributed by atoms with E-state index in [1.807, 2.05) is 60.7 Å². The summed E-state index contributed by atoms with van der Waals surface area (Å²) in [6.45, 7) is 4.22. The lowest BCUT2D eigenvalue weighted by Gasteiger charge is -2.27. The average Bonchev–Trinajstić information content (AvgIpc) is 3.35. The molecule has 1 aliphatic carbocycles. The van der Waals surface area contributed by atoms with Crippen LogP contribution < -0.4 is 10.4 Å². The van der Waals surface area contributed by atoms with Gasteiger partial charge in [-0.1, -0.05) is 60.7 Å². The van der Waals surface area contributed by atoms with E-state index in [4.69, 9.17) is 28.2 Å². The van der Waals surface area contributed by atoms with Crippen LogP contribution in [-0.2, 0) is 50.8 Å². The largest absolute Gasteiger partial charge is 0.462 e. The number of amides is 1. The number of aliphatic hydroxyl groups is 1. The second-order valence-electron chi connectivity index (χ2n) is 12.3. The van der Waals surface area contributed by atoms with E-state index in [2.05, 4.69) is 25.4 Å².